The van der Waals surface area contributed by atoms with Gasteiger partial charge in [0.1, 0.15) is 0 Å². The first-order chi connectivity index (χ1) is 7.29. The van der Waals surface area contributed by atoms with Crippen molar-refractivity contribution < 1.29 is 4.79 Å². The van der Waals surface area contributed by atoms with Gasteiger partial charge in [0, 0.05) is 18.8 Å². The third-order valence-corrected chi connectivity index (χ3v) is 3.16. The van der Waals surface area contributed by atoms with Gasteiger partial charge in [-0.15, -0.1) is 11.6 Å². The van der Waals surface area contributed by atoms with E-state index >= 15 is 0 Å². The molecule has 2 nitrogen and oxygen atoms in total. The SMILES string of the molecule is O=C1CC(c2ccc(CCl)cc2)CCN1. The van der Waals surface area contributed by atoms with Gasteiger partial charge in [0.2, 0.25) is 5.91 Å². The summed E-state index contributed by atoms with van der Waals surface area (Å²) in [5.74, 6) is 1.08. The van der Waals surface area contributed by atoms with Gasteiger partial charge >= 0.3 is 0 Å². The molecule has 0 aromatic heterocycles. The molecule has 3 heteroatoms. The van der Waals surface area contributed by atoms with Crippen molar-refractivity contribution in [3.8, 4) is 0 Å². The molecule has 0 saturated carbocycles. The van der Waals surface area contributed by atoms with Gasteiger partial charge in [-0.1, -0.05) is 24.3 Å². The standard InChI is InChI=1S/C12H14ClNO/c13-8-9-1-3-10(4-2-9)11-5-6-14-12(15)7-11/h1-4,11H,5-8H2,(H,14,15). The number of hydrogen-bond donors (Lipinski definition) is 1. The smallest absolute Gasteiger partial charge is 0.220 e. The molecule has 1 aromatic rings. The van der Waals surface area contributed by atoms with E-state index in [0.717, 1.165) is 18.5 Å². The highest BCUT2D eigenvalue weighted by molar-refractivity contribution is 6.17. The maximum Gasteiger partial charge on any atom is 0.220 e. The normalized spacial score (nSPS) is 21.1. The van der Waals surface area contributed by atoms with E-state index < -0.39 is 0 Å². The summed E-state index contributed by atoms with van der Waals surface area (Å²) in [4.78, 5) is 11.2. The van der Waals surface area contributed by atoms with Crippen molar-refractivity contribution in [1.82, 2.24) is 5.32 Å². The summed E-state index contributed by atoms with van der Waals surface area (Å²) < 4.78 is 0. The summed E-state index contributed by atoms with van der Waals surface area (Å²) in [5.41, 5.74) is 2.37. The molecule has 15 heavy (non-hydrogen) atoms. The first-order valence-electron chi connectivity index (χ1n) is 5.21. The molecule has 1 aliphatic heterocycles. The second kappa shape index (κ2) is 4.67. The Kier molecular flexibility index (Phi) is 3.27. The topological polar surface area (TPSA) is 29.1 Å². The highest BCUT2D eigenvalue weighted by Crippen LogP contribution is 2.25. The Morgan fingerprint density at radius 2 is 2.07 bits per heavy atom. The summed E-state index contributed by atoms with van der Waals surface area (Å²) in [6, 6.07) is 8.24. The predicted molar refractivity (Wildman–Crippen MR) is 61.0 cm³/mol. The highest BCUT2D eigenvalue weighted by atomic mass is 35.5. The van der Waals surface area contributed by atoms with Crippen molar-refractivity contribution in [2.45, 2.75) is 24.6 Å². The van der Waals surface area contributed by atoms with Crippen molar-refractivity contribution in [2.24, 2.45) is 0 Å². The molecule has 1 aromatic carbocycles. The second-order valence-electron chi connectivity index (χ2n) is 3.91. The first-order valence-corrected chi connectivity index (χ1v) is 5.74. The van der Waals surface area contributed by atoms with Crippen LogP contribution in [0.5, 0.6) is 0 Å². The van der Waals surface area contributed by atoms with Crippen LogP contribution < -0.4 is 5.32 Å². The van der Waals surface area contributed by atoms with Crippen molar-refractivity contribution in [3.05, 3.63) is 35.4 Å². The van der Waals surface area contributed by atoms with Crippen LogP contribution in [-0.4, -0.2) is 12.5 Å². The number of carbonyl (C=O) groups excluding carboxylic acids is 1. The van der Waals surface area contributed by atoms with E-state index in [0.29, 0.717) is 18.2 Å². The van der Waals surface area contributed by atoms with Crippen LogP contribution in [0.4, 0.5) is 0 Å². The summed E-state index contributed by atoms with van der Waals surface area (Å²) >= 11 is 5.72. The number of nitrogens with one attached hydrogen (secondary N) is 1. The maximum absolute atomic E-state index is 11.2. The van der Waals surface area contributed by atoms with Crippen LogP contribution in [0, 0.1) is 0 Å². The first kappa shape index (κ1) is 10.5. The number of rotatable bonds is 2. The average Bonchev–Trinajstić information content (AvgIpc) is 2.29. The third kappa shape index (κ3) is 2.51. The molecule has 1 atom stereocenters. The van der Waals surface area contributed by atoms with E-state index in [1.807, 2.05) is 12.1 Å². The van der Waals surface area contributed by atoms with E-state index in [-0.39, 0.29) is 5.91 Å². The van der Waals surface area contributed by atoms with E-state index in [4.69, 9.17) is 11.6 Å². The van der Waals surface area contributed by atoms with E-state index in [9.17, 15) is 4.79 Å². The fourth-order valence-corrected chi connectivity index (χ4v) is 2.13. The predicted octanol–water partition coefficient (Wildman–Crippen LogP) is 2.42. The van der Waals surface area contributed by atoms with Crippen LogP contribution in [0.2, 0.25) is 0 Å². The van der Waals surface area contributed by atoms with Crippen LogP contribution in [0.3, 0.4) is 0 Å². The average molecular weight is 224 g/mol. The summed E-state index contributed by atoms with van der Waals surface area (Å²) in [5, 5.41) is 2.84. The number of benzene rings is 1. The molecule has 2 rings (SSSR count). The van der Waals surface area contributed by atoms with Crippen molar-refractivity contribution >= 4 is 17.5 Å². The molecule has 0 spiro atoms. The monoisotopic (exact) mass is 223 g/mol. The van der Waals surface area contributed by atoms with Crippen LogP contribution in [0.1, 0.15) is 29.9 Å². The Hall–Kier alpha value is -1.02. The lowest BCUT2D eigenvalue weighted by atomic mass is 9.89. The number of piperidine rings is 1. The molecule has 1 N–H and O–H groups in total. The van der Waals surface area contributed by atoms with Gasteiger partial charge < -0.3 is 5.32 Å². The molecule has 1 unspecified atom stereocenters. The third-order valence-electron chi connectivity index (χ3n) is 2.85. The zero-order chi connectivity index (χ0) is 10.7. The van der Waals surface area contributed by atoms with Crippen molar-refractivity contribution in [2.75, 3.05) is 6.54 Å². The molecule has 1 amide bonds. The van der Waals surface area contributed by atoms with Crippen LogP contribution in [0.25, 0.3) is 0 Å². The van der Waals surface area contributed by atoms with E-state index in [1.165, 1.54) is 5.56 Å². The fraction of sp³-hybridized carbons (Fsp3) is 0.417. The van der Waals surface area contributed by atoms with Crippen molar-refractivity contribution in [1.29, 1.82) is 0 Å². The maximum atomic E-state index is 11.2. The number of halogens is 1. The number of hydrogen-bond acceptors (Lipinski definition) is 1. The minimum absolute atomic E-state index is 0.160. The van der Waals surface area contributed by atoms with Crippen LogP contribution >= 0.6 is 11.6 Å². The molecular formula is C12H14ClNO. The fourth-order valence-electron chi connectivity index (χ4n) is 1.95. The zero-order valence-corrected chi connectivity index (χ0v) is 9.26. The molecule has 80 valence electrons. The summed E-state index contributed by atoms with van der Waals surface area (Å²) in [6.07, 6.45) is 1.65. The minimum Gasteiger partial charge on any atom is -0.356 e. The molecule has 1 heterocycles. The van der Waals surface area contributed by atoms with Gasteiger partial charge in [0.05, 0.1) is 0 Å². The second-order valence-corrected chi connectivity index (χ2v) is 4.18. The summed E-state index contributed by atoms with van der Waals surface area (Å²) in [7, 11) is 0. The molecular weight excluding hydrogens is 210 g/mol. The largest absolute Gasteiger partial charge is 0.356 e. The highest BCUT2D eigenvalue weighted by Gasteiger charge is 2.20. The number of alkyl halides is 1. The Balaban J connectivity index is 2.11. The Labute approximate surface area is 94.6 Å². The zero-order valence-electron chi connectivity index (χ0n) is 8.50. The van der Waals surface area contributed by atoms with Gasteiger partial charge in [0.25, 0.3) is 0 Å². The van der Waals surface area contributed by atoms with Gasteiger partial charge in [-0.25, -0.2) is 0 Å². The molecule has 1 saturated heterocycles. The molecule has 1 fully saturated rings. The molecule has 0 bridgehead atoms. The Morgan fingerprint density at radius 1 is 1.33 bits per heavy atom. The van der Waals surface area contributed by atoms with Gasteiger partial charge in [-0.2, -0.15) is 0 Å². The Bertz CT molecular complexity index is 347. The van der Waals surface area contributed by atoms with Gasteiger partial charge in [-0.05, 0) is 23.5 Å². The lowest BCUT2D eigenvalue weighted by Crippen LogP contribution is -2.32. The molecule has 1 aliphatic rings. The van der Waals surface area contributed by atoms with Gasteiger partial charge in [0.15, 0.2) is 0 Å². The van der Waals surface area contributed by atoms with E-state index in [1.54, 1.807) is 0 Å². The quantitative estimate of drug-likeness (QED) is 0.767. The van der Waals surface area contributed by atoms with Gasteiger partial charge in [-0.3, -0.25) is 4.79 Å². The van der Waals surface area contributed by atoms with Crippen LogP contribution in [0.15, 0.2) is 24.3 Å². The lowest BCUT2D eigenvalue weighted by Gasteiger charge is -2.22. The number of carbonyl (C=O) groups is 1. The molecule has 0 radical (unpaired) electrons. The number of amides is 1. The molecule has 0 aliphatic carbocycles. The lowest BCUT2D eigenvalue weighted by molar-refractivity contribution is -0.122. The van der Waals surface area contributed by atoms with Crippen LogP contribution in [-0.2, 0) is 10.7 Å². The van der Waals surface area contributed by atoms with Crippen molar-refractivity contribution in [3.63, 3.8) is 0 Å². The Morgan fingerprint density at radius 3 is 2.67 bits per heavy atom. The summed E-state index contributed by atoms with van der Waals surface area (Å²) in [6.45, 7) is 0.792. The van der Waals surface area contributed by atoms with E-state index in [2.05, 4.69) is 17.4 Å². The minimum atomic E-state index is 0.160.